The van der Waals surface area contributed by atoms with Crippen LogP contribution < -0.4 is 0 Å². The highest BCUT2D eigenvalue weighted by Crippen LogP contribution is 2.33. The van der Waals surface area contributed by atoms with Crippen LogP contribution in [0, 0.1) is 0 Å². The van der Waals surface area contributed by atoms with Crippen molar-refractivity contribution in [2.24, 2.45) is 0 Å². The van der Waals surface area contributed by atoms with Crippen molar-refractivity contribution < 1.29 is 13.3 Å². The standard InChI is InChI=1S/C9H22O3S4Si/c1-10-17(11-2,8-5-9(14,15)16)12-6-3-4-7-13/h13-16H,3-8H2,1-2H3. The average Bonchev–Trinajstić information content (AvgIpc) is 2.28. The Bertz CT molecular complexity index is 197. The predicted octanol–water partition coefficient (Wildman–Crippen LogP) is 2.78. The van der Waals surface area contributed by atoms with Crippen LogP contribution in [-0.4, -0.2) is 38.8 Å². The molecule has 0 unspecified atom stereocenters. The van der Waals surface area contributed by atoms with Gasteiger partial charge in [-0.15, -0.1) is 0 Å². The van der Waals surface area contributed by atoms with E-state index in [9.17, 15) is 0 Å². The number of thiol groups is 4. The Morgan fingerprint density at radius 1 is 1.06 bits per heavy atom. The van der Waals surface area contributed by atoms with E-state index in [0.29, 0.717) is 19.1 Å². The van der Waals surface area contributed by atoms with Gasteiger partial charge in [-0.3, -0.25) is 0 Å². The summed E-state index contributed by atoms with van der Waals surface area (Å²) in [4.78, 5) is 0. The molecule has 3 nitrogen and oxygen atoms in total. The van der Waals surface area contributed by atoms with E-state index in [2.05, 4.69) is 50.5 Å². The van der Waals surface area contributed by atoms with E-state index in [1.54, 1.807) is 14.2 Å². The van der Waals surface area contributed by atoms with E-state index in [1.165, 1.54) is 0 Å². The lowest BCUT2D eigenvalue weighted by Gasteiger charge is -2.28. The summed E-state index contributed by atoms with van der Waals surface area (Å²) in [6.07, 6.45) is 2.62. The lowest BCUT2D eigenvalue weighted by atomic mass is 10.4. The first kappa shape index (κ1) is 18.5. The predicted molar refractivity (Wildman–Crippen MR) is 87.9 cm³/mol. The molecule has 8 heteroatoms. The summed E-state index contributed by atoms with van der Waals surface area (Å²) in [6.45, 7) is 0.632. The third kappa shape index (κ3) is 9.09. The molecular formula is C9H22O3S4Si. The van der Waals surface area contributed by atoms with Crippen LogP contribution in [0.15, 0.2) is 0 Å². The number of hydrogen-bond donors (Lipinski definition) is 4. The van der Waals surface area contributed by atoms with Crippen molar-refractivity contribution in [1.29, 1.82) is 0 Å². The molecule has 0 fully saturated rings. The van der Waals surface area contributed by atoms with Gasteiger partial charge < -0.3 is 13.3 Å². The fraction of sp³-hybridized carbons (Fsp3) is 1.00. The average molecular weight is 335 g/mol. The Morgan fingerprint density at radius 2 is 1.65 bits per heavy atom. The molecule has 0 aliphatic rings. The first-order valence-corrected chi connectivity index (χ1v) is 9.32. The van der Waals surface area contributed by atoms with E-state index in [0.717, 1.165) is 18.6 Å². The summed E-state index contributed by atoms with van der Waals surface area (Å²) in [5.41, 5.74) is 0. The molecule has 104 valence electrons. The molecule has 0 heterocycles. The second-order valence-electron chi connectivity index (χ2n) is 3.64. The van der Waals surface area contributed by atoms with E-state index in [1.807, 2.05) is 0 Å². The van der Waals surface area contributed by atoms with Crippen LogP contribution in [0.3, 0.4) is 0 Å². The molecular weight excluding hydrogens is 312 g/mol. The van der Waals surface area contributed by atoms with Crippen molar-refractivity contribution >= 4 is 59.3 Å². The van der Waals surface area contributed by atoms with Gasteiger partial charge in [-0.05, 0) is 25.0 Å². The summed E-state index contributed by atoms with van der Waals surface area (Å²) in [6, 6.07) is 0.650. The minimum Gasteiger partial charge on any atom is -0.377 e. The molecule has 17 heavy (non-hydrogen) atoms. The topological polar surface area (TPSA) is 27.7 Å². The minimum atomic E-state index is -2.57. The van der Waals surface area contributed by atoms with Gasteiger partial charge in [0.1, 0.15) is 0 Å². The highest BCUT2D eigenvalue weighted by atomic mass is 32.2. The Kier molecular flexibility index (Phi) is 10.2. The fourth-order valence-corrected chi connectivity index (χ4v) is 4.52. The molecule has 0 aromatic rings. The van der Waals surface area contributed by atoms with E-state index < -0.39 is 12.2 Å². The third-order valence-corrected chi connectivity index (χ3v) is 6.00. The highest BCUT2D eigenvalue weighted by molar-refractivity contribution is 8.16. The van der Waals surface area contributed by atoms with Crippen molar-refractivity contribution in [3.8, 4) is 0 Å². The molecule has 0 saturated carbocycles. The third-order valence-electron chi connectivity index (χ3n) is 2.26. The maximum Gasteiger partial charge on any atom is 0.500 e. The van der Waals surface area contributed by atoms with Gasteiger partial charge in [0, 0.05) is 26.9 Å². The maximum absolute atomic E-state index is 5.78. The van der Waals surface area contributed by atoms with Crippen molar-refractivity contribution in [1.82, 2.24) is 0 Å². The van der Waals surface area contributed by atoms with Gasteiger partial charge in [-0.1, -0.05) is 0 Å². The zero-order valence-electron chi connectivity index (χ0n) is 10.3. The number of unbranched alkanes of at least 4 members (excludes halogenated alkanes) is 1. The molecule has 0 aliphatic carbocycles. The lowest BCUT2D eigenvalue weighted by Crippen LogP contribution is -2.44. The van der Waals surface area contributed by atoms with Crippen LogP contribution in [0.25, 0.3) is 0 Å². The molecule has 0 amide bonds. The van der Waals surface area contributed by atoms with Crippen LogP contribution >= 0.6 is 50.5 Å². The summed E-state index contributed by atoms with van der Waals surface area (Å²) in [5, 5.41) is 0. The Labute approximate surface area is 127 Å². The maximum atomic E-state index is 5.78. The summed E-state index contributed by atoms with van der Waals surface area (Å²) in [7, 11) is 0.658. The van der Waals surface area contributed by atoms with Gasteiger partial charge in [0.05, 0.1) is 3.41 Å². The first-order valence-electron chi connectivity index (χ1n) is 5.41. The van der Waals surface area contributed by atoms with Gasteiger partial charge in [0.25, 0.3) is 0 Å². The Hall–Kier alpha value is 1.50. The molecule has 0 aromatic heterocycles. The van der Waals surface area contributed by atoms with Crippen molar-refractivity contribution in [2.45, 2.75) is 28.7 Å². The number of rotatable bonds is 10. The summed E-state index contributed by atoms with van der Waals surface area (Å²) >= 11 is 16.9. The van der Waals surface area contributed by atoms with Crippen LogP contribution in [-0.2, 0) is 13.3 Å². The summed E-state index contributed by atoms with van der Waals surface area (Å²) < 4.78 is 16.0. The van der Waals surface area contributed by atoms with Crippen molar-refractivity contribution in [3.63, 3.8) is 0 Å². The van der Waals surface area contributed by atoms with Crippen LogP contribution in [0.2, 0.25) is 6.04 Å². The molecule has 0 saturated heterocycles. The molecule has 0 spiro atoms. The molecule has 0 aliphatic heterocycles. The van der Waals surface area contributed by atoms with Crippen LogP contribution in [0.5, 0.6) is 0 Å². The van der Waals surface area contributed by atoms with Gasteiger partial charge in [0.2, 0.25) is 0 Å². The lowest BCUT2D eigenvalue weighted by molar-refractivity contribution is 0.0966. The molecule has 0 aromatic carbocycles. The highest BCUT2D eigenvalue weighted by Gasteiger charge is 2.40. The Balaban J connectivity index is 4.15. The van der Waals surface area contributed by atoms with Crippen LogP contribution in [0.1, 0.15) is 19.3 Å². The van der Waals surface area contributed by atoms with Crippen molar-refractivity contribution in [2.75, 3.05) is 26.6 Å². The number of hydrogen-bond acceptors (Lipinski definition) is 7. The van der Waals surface area contributed by atoms with Crippen LogP contribution in [0.4, 0.5) is 0 Å². The smallest absolute Gasteiger partial charge is 0.377 e. The second kappa shape index (κ2) is 9.41. The SMILES string of the molecule is CO[Si](CCC(S)(S)S)(OC)OCCCCS. The normalized spacial score (nSPS) is 13.1. The monoisotopic (exact) mass is 334 g/mol. The Morgan fingerprint density at radius 3 is 2.06 bits per heavy atom. The molecule has 0 N–H and O–H groups in total. The molecule has 0 atom stereocenters. The zero-order valence-corrected chi connectivity index (χ0v) is 14.8. The van der Waals surface area contributed by atoms with Gasteiger partial charge in [-0.2, -0.15) is 50.5 Å². The van der Waals surface area contributed by atoms with Gasteiger partial charge in [-0.25, -0.2) is 0 Å². The van der Waals surface area contributed by atoms with E-state index >= 15 is 0 Å². The largest absolute Gasteiger partial charge is 0.500 e. The fourth-order valence-electron chi connectivity index (χ4n) is 1.24. The molecule has 0 rings (SSSR count). The van der Waals surface area contributed by atoms with E-state index in [-0.39, 0.29) is 0 Å². The quantitative estimate of drug-likeness (QED) is 0.214. The van der Waals surface area contributed by atoms with Gasteiger partial charge in [0.15, 0.2) is 0 Å². The van der Waals surface area contributed by atoms with Gasteiger partial charge >= 0.3 is 8.80 Å². The zero-order chi connectivity index (χ0) is 13.4. The molecule has 0 bridgehead atoms. The minimum absolute atomic E-state index is 0.632. The summed E-state index contributed by atoms with van der Waals surface area (Å²) in [5.74, 6) is 0.866. The molecule has 0 radical (unpaired) electrons. The van der Waals surface area contributed by atoms with E-state index in [4.69, 9.17) is 13.3 Å². The second-order valence-corrected chi connectivity index (χ2v) is 10.4. The first-order chi connectivity index (χ1) is 7.89. The van der Waals surface area contributed by atoms with Crippen molar-refractivity contribution in [3.05, 3.63) is 0 Å².